The Morgan fingerprint density at radius 2 is 1.28 bits per heavy atom. The van der Waals surface area contributed by atoms with Crippen LogP contribution in [0.1, 0.15) is 44.3 Å². The lowest BCUT2D eigenvalue weighted by atomic mass is 9.98. The van der Waals surface area contributed by atoms with Crippen molar-refractivity contribution < 1.29 is 14.4 Å². The van der Waals surface area contributed by atoms with Crippen molar-refractivity contribution in [3.8, 4) is 0 Å². The first-order valence-corrected chi connectivity index (χ1v) is 11.9. The van der Waals surface area contributed by atoms with Crippen molar-refractivity contribution >= 4 is 29.5 Å². The van der Waals surface area contributed by atoms with Crippen LogP contribution in [0, 0.1) is 0 Å². The van der Waals surface area contributed by atoms with Gasteiger partial charge in [-0.3, -0.25) is 19.3 Å². The number of rotatable bonds is 8. The molecule has 3 amide bonds. The third kappa shape index (κ3) is 4.32. The SMILES string of the molecule is CSCC[C@H](C(=O)NC(c1ccccc1)c1ccccc1)N1C(=O)c2ccccc2C1=O. The Hall–Kier alpha value is -3.38. The molecule has 1 aliphatic rings. The van der Waals surface area contributed by atoms with Gasteiger partial charge in [-0.2, -0.15) is 11.8 Å². The van der Waals surface area contributed by atoms with Crippen LogP contribution in [0.3, 0.4) is 0 Å². The molecule has 1 atom stereocenters. The predicted octanol–water partition coefficient (Wildman–Crippen LogP) is 4.31. The van der Waals surface area contributed by atoms with Crippen molar-refractivity contribution in [3.63, 3.8) is 0 Å². The van der Waals surface area contributed by atoms with Crippen molar-refractivity contribution in [2.45, 2.75) is 18.5 Å². The highest BCUT2D eigenvalue weighted by atomic mass is 32.2. The van der Waals surface area contributed by atoms with Crippen molar-refractivity contribution in [1.29, 1.82) is 0 Å². The predicted molar refractivity (Wildman–Crippen MR) is 127 cm³/mol. The maximum atomic E-state index is 13.6. The Labute approximate surface area is 191 Å². The zero-order chi connectivity index (χ0) is 22.5. The first-order valence-electron chi connectivity index (χ1n) is 10.5. The molecule has 0 aromatic heterocycles. The topological polar surface area (TPSA) is 66.5 Å². The highest BCUT2D eigenvalue weighted by Crippen LogP contribution is 2.28. The molecular weight excluding hydrogens is 420 g/mol. The van der Waals surface area contributed by atoms with E-state index < -0.39 is 23.9 Å². The van der Waals surface area contributed by atoms with Gasteiger partial charge < -0.3 is 5.32 Å². The molecule has 0 bridgehead atoms. The zero-order valence-electron chi connectivity index (χ0n) is 17.7. The lowest BCUT2D eigenvalue weighted by Crippen LogP contribution is -2.50. The van der Waals surface area contributed by atoms with Gasteiger partial charge in [0.25, 0.3) is 11.8 Å². The third-order valence-electron chi connectivity index (χ3n) is 5.59. The molecule has 3 aromatic rings. The van der Waals surface area contributed by atoms with Gasteiger partial charge in [0.1, 0.15) is 6.04 Å². The molecule has 0 saturated heterocycles. The van der Waals surface area contributed by atoms with E-state index in [1.54, 1.807) is 36.0 Å². The number of nitrogens with zero attached hydrogens (tertiary/aromatic N) is 1. The normalized spacial score (nSPS) is 13.9. The van der Waals surface area contributed by atoms with Crippen LogP contribution in [0.5, 0.6) is 0 Å². The Kier molecular flexibility index (Phi) is 6.71. The Morgan fingerprint density at radius 1 is 0.812 bits per heavy atom. The van der Waals surface area contributed by atoms with Crippen LogP contribution in [-0.2, 0) is 4.79 Å². The quantitative estimate of drug-likeness (QED) is 0.526. The maximum Gasteiger partial charge on any atom is 0.262 e. The molecule has 1 N–H and O–H groups in total. The molecule has 0 unspecified atom stereocenters. The first kappa shape index (κ1) is 21.8. The number of hydrogen-bond acceptors (Lipinski definition) is 4. The Balaban J connectivity index is 1.66. The molecular formula is C26H24N2O3S. The molecule has 5 nitrogen and oxygen atoms in total. The molecule has 3 aromatic carbocycles. The summed E-state index contributed by atoms with van der Waals surface area (Å²) in [5, 5.41) is 3.11. The van der Waals surface area contributed by atoms with Crippen LogP contribution in [0.2, 0.25) is 0 Å². The number of nitrogens with one attached hydrogen (secondary N) is 1. The van der Waals surface area contributed by atoms with E-state index in [9.17, 15) is 14.4 Å². The Bertz CT molecular complexity index is 1040. The van der Waals surface area contributed by atoms with E-state index in [0.717, 1.165) is 16.0 Å². The minimum Gasteiger partial charge on any atom is -0.343 e. The van der Waals surface area contributed by atoms with Crippen LogP contribution >= 0.6 is 11.8 Å². The summed E-state index contributed by atoms with van der Waals surface area (Å²) < 4.78 is 0. The lowest BCUT2D eigenvalue weighted by molar-refractivity contribution is -0.125. The van der Waals surface area contributed by atoms with Crippen LogP contribution in [-0.4, -0.2) is 40.7 Å². The highest BCUT2D eigenvalue weighted by molar-refractivity contribution is 7.98. The second kappa shape index (κ2) is 9.83. The van der Waals surface area contributed by atoms with E-state index in [0.29, 0.717) is 23.3 Å². The summed E-state index contributed by atoms with van der Waals surface area (Å²) in [6.07, 6.45) is 2.32. The van der Waals surface area contributed by atoms with Crippen LogP contribution in [0.4, 0.5) is 0 Å². The van der Waals surface area contributed by atoms with Gasteiger partial charge in [0.15, 0.2) is 0 Å². The number of carbonyl (C=O) groups excluding carboxylic acids is 3. The van der Waals surface area contributed by atoms with Gasteiger partial charge in [0.2, 0.25) is 5.91 Å². The van der Waals surface area contributed by atoms with Crippen molar-refractivity contribution in [3.05, 3.63) is 107 Å². The zero-order valence-corrected chi connectivity index (χ0v) is 18.5. The van der Waals surface area contributed by atoms with E-state index in [1.807, 2.05) is 66.9 Å². The van der Waals surface area contributed by atoms with Crippen LogP contribution in [0.25, 0.3) is 0 Å². The van der Waals surface area contributed by atoms with E-state index in [-0.39, 0.29) is 5.91 Å². The number of amides is 3. The molecule has 0 radical (unpaired) electrons. The summed E-state index contributed by atoms with van der Waals surface area (Å²) in [6.45, 7) is 0. The molecule has 6 heteroatoms. The Morgan fingerprint density at radius 3 is 1.75 bits per heavy atom. The van der Waals surface area contributed by atoms with E-state index in [2.05, 4.69) is 5.32 Å². The smallest absolute Gasteiger partial charge is 0.262 e. The molecule has 0 aliphatic carbocycles. The minimum atomic E-state index is -0.884. The van der Waals surface area contributed by atoms with Gasteiger partial charge in [0, 0.05) is 0 Å². The molecule has 1 heterocycles. The number of thioether (sulfide) groups is 1. The van der Waals surface area contributed by atoms with Gasteiger partial charge in [-0.1, -0.05) is 72.8 Å². The second-order valence-corrected chi connectivity index (χ2v) is 8.57. The maximum absolute atomic E-state index is 13.6. The summed E-state index contributed by atoms with van der Waals surface area (Å²) in [5.41, 5.74) is 2.56. The summed E-state index contributed by atoms with van der Waals surface area (Å²) in [4.78, 5) is 40.8. The summed E-state index contributed by atoms with van der Waals surface area (Å²) in [7, 11) is 0. The van der Waals surface area contributed by atoms with Crippen molar-refractivity contribution in [1.82, 2.24) is 10.2 Å². The number of benzene rings is 3. The van der Waals surface area contributed by atoms with Gasteiger partial charge in [-0.25, -0.2) is 0 Å². The summed E-state index contributed by atoms with van der Waals surface area (Å²) >= 11 is 1.57. The molecule has 32 heavy (non-hydrogen) atoms. The van der Waals surface area contributed by atoms with Crippen LogP contribution in [0.15, 0.2) is 84.9 Å². The van der Waals surface area contributed by atoms with Gasteiger partial charge >= 0.3 is 0 Å². The molecule has 0 saturated carbocycles. The van der Waals surface area contributed by atoms with E-state index in [1.165, 1.54) is 0 Å². The van der Waals surface area contributed by atoms with Gasteiger partial charge in [0.05, 0.1) is 17.2 Å². The number of imide groups is 1. The molecule has 4 rings (SSSR count). The van der Waals surface area contributed by atoms with Crippen LogP contribution < -0.4 is 5.32 Å². The number of fused-ring (bicyclic) bond motifs is 1. The molecule has 0 spiro atoms. The largest absolute Gasteiger partial charge is 0.343 e. The fourth-order valence-corrected chi connectivity index (χ4v) is 4.45. The fraction of sp³-hybridized carbons (Fsp3) is 0.192. The molecule has 0 fully saturated rings. The fourth-order valence-electron chi connectivity index (χ4n) is 3.99. The average Bonchev–Trinajstić information content (AvgIpc) is 3.09. The summed E-state index contributed by atoms with van der Waals surface area (Å²) in [5.74, 6) is -0.524. The van der Waals surface area contributed by atoms with Gasteiger partial charge in [-0.05, 0) is 41.7 Å². The highest BCUT2D eigenvalue weighted by Gasteiger charge is 2.42. The number of hydrogen-bond donors (Lipinski definition) is 1. The molecule has 1 aliphatic heterocycles. The monoisotopic (exact) mass is 444 g/mol. The third-order valence-corrected chi connectivity index (χ3v) is 6.23. The summed E-state index contributed by atoms with van der Waals surface area (Å²) in [6, 6.07) is 24.8. The minimum absolute atomic E-state index is 0.341. The van der Waals surface area contributed by atoms with Gasteiger partial charge in [-0.15, -0.1) is 0 Å². The average molecular weight is 445 g/mol. The second-order valence-electron chi connectivity index (χ2n) is 7.59. The van der Waals surface area contributed by atoms with E-state index >= 15 is 0 Å². The standard InChI is InChI=1S/C26H24N2O3S/c1-32-17-16-22(28-25(30)20-14-8-9-15-21(20)26(28)31)24(29)27-23(18-10-4-2-5-11-18)19-12-6-3-7-13-19/h2-15,22-23H,16-17H2,1H3,(H,27,29)/t22-/m1/s1. The van der Waals surface area contributed by atoms with Crippen molar-refractivity contribution in [2.75, 3.05) is 12.0 Å². The lowest BCUT2D eigenvalue weighted by Gasteiger charge is -2.28. The van der Waals surface area contributed by atoms with E-state index in [4.69, 9.17) is 0 Å². The van der Waals surface area contributed by atoms with Crippen molar-refractivity contribution in [2.24, 2.45) is 0 Å². The number of carbonyl (C=O) groups is 3. The molecule has 162 valence electrons. The first-order chi connectivity index (χ1) is 15.6.